The Balaban J connectivity index is 2.15. The molecule has 0 unspecified atom stereocenters. The first kappa shape index (κ1) is 15.8. The molecule has 0 aromatic heterocycles. The Labute approximate surface area is 136 Å². The van der Waals surface area contributed by atoms with Crippen LogP contribution in [-0.2, 0) is 15.8 Å². The SMILES string of the molecule is O=C(O)c1cccc(CS(=O)(=O)Nc2ccc(I)cc2)c1. The summed E-state index contributed by atoms with van der Waals surface area (Å²) in [6.07, 6.45) is 0. The third-order valence-corrected chi connectivity index (χ3v) is 4.63. The van der Waals surface area contributed by atoms with Gasteiger partial charge in [-0.05, 0) is 64.6 Å². The minimum absolute atomic E-state index is 0.0666. The number of hydrogen-bond donors (Lipinski definition) is 2. The highest BCUT2D eigenvalue weighted by atomic mass is 127. The van der Waals surface area contributed by atoms with Gasteiger partial charge >= 0.3 is 5.97 Å². The number of benzene rings is 2. The van der Waals surface area contributed by atoms with Gasteiger partial charge in [0, 0.05) is 9.26 Å². The van der Waals surface area contributed by atoms with Crippen molar-refractivity contribution in [2.24, 2.45) is 0 Å². The van der Waals surface area contributed by atoms with Crippen LogP contribution in [0.5, 0.6) is 0 Å². The Morgan fingerprint density at radius 1 is 1.14 bits per heavy atom. The molecule has 0 amide bonds. The number of carboxylic acids is 1. The van der Waals surface area contributed by atoms with E-state index in [1.165, 1.54) is 18.2 Å². The van der Waals surface area contributed by atoms with Gasteiger partial charge in [0.2, 0.25) is 10.0 Å². The highest BCUT2D eigenvalue weighted by Crippen LogP contribution is 2.15. The normalized spacial score (nSPS) is 11.1. The summed E-state index contributed by atoms with van der Waals surface area (Å²) in [7, 11) is -3.59. The predicted molar refractivity (Wildman–Crippen MR) is 88.8 cm³/mol. The van der Waals surface area contributed by atoms with Crippen molar-refractivity contribution in [2.75, 3.05) is 4.72 Å². The zero-order valence-electron chi connectivity index (χ0n) is 10.8. The van der Waals surface area contributed by atoms with E-state index in [-0.39, 0.29) is 11.3 Å². The topological polar surface area (TPSA) is 83.5 Å². The van der Waals surface area contributed by atoms with E-state index in [1.807, 2.05) is 0 Å². The summed E-state index contributed by atoms with van der Waals surface area (Å²) in [5.41, 5.74) is 0.967. The second-order valence-electron chi connectivity index (χ2n) is 4.37. The summed E-state index contributed by atoms with van der Waals surface area (Å²) < 4.78 is 27.6. The van der Waals surface area contributed by atoms with Crippen molar-refractivity contribution in [2.45, 2.75) is 5.75 Å². The average molecular weight is 417 g/mol. The van der Waals surface area contributed by atoms with Crippen LogP contribution < -0.4 is 4.72 Å². The van der Waals surface area contributed by atoms with Crippen molar-refractivity contribution in [3.8, 4) is 0 Å². The number of sulfonamides is 1. The molecule has 110 valence electrons. The number of anilines is 1. The van der Waals surface area contributed by atoms with E-state index in [4.69, 9.17) is 5.11 Å². The molecule has 2 aromatic rings. The van der Waals surface area contributed by atoms with E-state index in [0.717, 1.165) is 3.57 Å². The lowest BCUT2D eigenvalue weighted by atomic mass is 10.1. The van der Waals surface area contributed by atoms with Crippen molar-refractivity contribution in [3.63, 3.8) is 0 Å². The van der Waals surface area contributed by atoms with Gasteiger partial charge in [0.15, 0.2) is 0 Å². The van der Waals surface area contributed by atoms with Crippen LogP contribution in [0.3, 0.4) is 0 Å². The molecule has 5 nitrogen and oxygen atoms in total. The van der Waals surface area contributed by atoms with Crippen LogP contribution in [0.25, 0.3) is 0 Å². The molecule has 0 heterocycles. The van der Waals surface area contributed by atoms with Crippen molar-refractivity contribution >= 4 is 44.3 Å². The van der Waals surface area contributed by atoms with Gasteiger partial charge in [-0.3, -0.25) is 4.72 Å². The molecule has 0 fully saturated rings. The van der Waals surface area contributed by atoms with E-state index < -0.39 is 16.0 Å². The lowest BCUT2D eigenvalue weighted by Crippen LogP contribution is -2.15. The first-order chi connectivity index (χ1) is 9.85. The first-order valence-corrected chi connectivity index (χ1v) is 8.67. The third-order valence-electron chi connectivity index (χ3n) is 2.65. The second kappa shape index (κ2) is 6.44. The lowest BCUT2D eigenvalue weighted by molar-refractivity contribution is 0.0696. The Kier molecular flexibility index (Phi) is 4.84. The van der Waals surface area contributed by atoms with Crippen molar-refractivity contribution < 1.29 is 18.3 Å². The van der Waals surface area contributed by atoms with Crippen LogP contribution in [-0.4, -0.2) is 19.5 Å². The molecule has 0 radical (unpaired) electrons. The lowest BCUT2D eigenvalue weighted by Gasteiger charge is -2.08. The Hall–Kier alpha value is -1.61. The monoisotopic (exact) mass is 417 g/mol. The summed E-state index contributed by atoms with van der Waals surface area (Å²) >= 11 is 2.13. The summed E-state index contributed by atoms with van der Waals surface area (Å²) in [5.74, 6) is -1.36. The molecule has 0 saturated heterocycles. The molecular formula is C14H12INO4S. The van der Waals surface area contributed by atoms with Gasteiger partial charge in [-0.2, -0.15) is 0 Å². The van der Waals surface area contributed by atoms with Gasteiger partial charge in [0.25, 0.3) is 0 Å². The molecular weight excluding hydrogens is 405 g/mol. The van der Waals surface area contributed by atoms with Crippen LogP contribution in [0, 0.1) is 3.57 Å². The molecule has 2 rings (SSSR count). The van der Waals surface area contributed by atoms with Gasteiger partial charge < -0.3 is 5.11 Å². The smallest absolute Gasteiger partial charge is 0.335 e. The van der Waals surface area contributed by atoms with Crippen molar-refractivity contribution in [3.05, 3.63) is 63.2 Å². The fourth-order valence-corrected chi connectivity index (χ4v) is 3.29. The Bertz CT molecular complexity index is 757. The number of nitrogens with one attached hydrogen (secondary N) is 1. The molecule has 0 aliphatic heterocycles. The number of rotatable bonds is 5. The number of carbonyl (C=O) groups is 1. The molecule has 0 bridgehead atoms. The van der Waals surface area contributed by atoms with Gasteiger partial charge in [-0.1, -0.05) is 12.1 Å². The van der Waals surface area contributed by atoms with E-state index in [0.29, 0.717) is 11.3 Å². The standard InChI is InChI=1S/C14H12INO4S/c15-12-4-6-13(7-5-12)16-21(19,20)9-10-2-1-3-11(8-10)14(17)18/h1-8,16H,9H2,(H,17,18). The zero-order valence-corrected chi connectivity index (χ0v) is 13.8. The molecule has 0 saturated carbocycles. The number of carboxylic acid groups (broad SMARTS) is 1. The maximum atomic E-state index is 12.1. The van der Waals surface area contributed by atoms with Crippen LogP contribution in [0.4, 0.5) is 5.69 Å². The van der Waals surface area contributed by atoms with Gasteiger partial charge in [0.05, 0.1) is 11.3 Å². The summed E-state index contributed by atoms with van der Waals surface area (Å²) in [4.78, 5) is 10.9. The van der Waals surface area contributed by atoms with Gasteiger partial charge in [-0.15, -0.1) is 0 Å². The number of aromatic carboxylic acids is 1. The van der Waals surface area contributed by atoms with Gasteiger partial charge in [-0.25, -0.2) is 13.2 Å². The van der Waals surface area contributed by atoms with Gasteiger partial charge in [0.1, 0.15) is 0 Å². The van der Waals surface area contributed by atoms with Crippen LogP contribution >= 0.6 is 22.6 Å². The van der Waals surface area contributed by atoms with Crippen LogP contribution in [0.15, 0.2) is 48.5 Å². The fourth-order valence-electron chi connectivity index (χ4n) is 1.75. The highest BCUT2D eigenvalue weighted by molar-refractivity contribution is 14.1. The number of halogens is 1. The van der Waals surface area contributed by atoms with Crippen molar-refractivity contribution in [1.29, 1.82) is 0 Å². The van der Waals surface area contributed by atoms with E-state index >= 15 is 0 Å². The zero-order chi connectivity index (χ0) is 15.5. The molecule has 7 heteroatoms. The summed E-state index contributed by atoms with van der Waals surface area (Å²) in [6.45, 7) is 0. The maximum absolute atomic E-state index is 12.1. The largest absolute Gasteiger partial charge is 0.478 e. The van der Waals surface area contributed by atoms with E-state index in [9.17, 15) is 13.2 Å². The molecule has 2 N–H and O–H groups in total. The molecule has 0 aliphatic rings. The maximum Gasteiger partial charge on any atom is 0.335 e. The average Bonchev–Trinajstić information content (AvgIpc) is 2.41. The fraction of sp³-hybridized carbons (Fsp3) is 0.0714. The Morgan fingerprint density at radius 3 is 2.43 bits per heavy atom. The minimum Gasteiger partial charge on any atom is -0.478 e. The quantitative estimate of drug-likeness (QED) is 0.733. The third kappa shape index (κ3) is 4.71. The highest BCUT2D eigenvalue weighted by Gasteiger charge is 2.13. The predicted octanol–water partition coefficient (Wildman–Crippen LogP) is 2.93. The minimum atomic E-state index is -3.59. The van der Waals surface area contributed by atoms with Crippen molar-refractivity contribution in [1.82, 2.24) is 0 Å². The second-order valence-corrected chi connectivity index (χ2v) is 7.34. The molecule has 0 atom stereocenters. The van der Waals surface area contributed by atoms with Crippen LogP contribution in [0.1, 0.15) is 15.9 Å². The molecule has 0 spiro atoms. The summed E-state index contributed by atoms with van der Waals surface area (Å²) in [6, 6.07) is 12.8. The van der Waals surface area contributed by atoms with E-state index in [1.54, 1.807) is 30.3 Å². The van der Waals surface area contributed by atoms with E-state index in [2.05, 4.69) is 27.3 Å². The molecule has 2 aromatic carbocycles. The summed E-state index contributed by atoms with van der Waals surface area (Å²) in [5, 5.41) is 8.90. The van der Waals surface area contributed by atoms with Crippen LogP contribution in [0.2, 0.25) is 0 Å². The Morgan fingerprint density at radius 2 is 1.81 bits per heavy atom. The molecule has 0 aliphatic carbocycles. The molecule has 21 heavy (non-hydrogen) atoms. The number of hydrogen-bond acceptors (Lipinski definition) is 3. The first-order valence-electron chi connectivity index (χ1n) is 5.94.